The Hall–Kier alpha value is -3.36. The van der Waals surface area contributed by atoms with Gasteiger partial charge in [0.15, 0.2) is 0 Å². The van der Waals surface area contributed by atoms with Crippen molar-refractivity contribution in [2.45, 2.75) is 97.2 Å². The van der Waals surface area contributed by atoms with Gasteiger partial charge in [-0.15, -0.1) is 0 Å². The SMILES string of the molecule is CCCCCc1ccc(C(F)(F)Oc2cc(F)c(C(F)(F)Oc3cc(C(C)(C)C)c(O)c(C(C)(C)C)c3)c(F)c2)cc1. The van der Waals surface area contributed by atoms with E-state index in [0.717, 1.165) is 37.0 Å². The van der Waals surface area contributed by atoms with E-state index in [1.165, 1.54) is 24.3 Å². The van der Waals surface area contributed by atoms with Gasteiger partial charge in [0, 0.05) is 23.3 Å². The predicted molar refractivity (Wildman–Crippen MR) is 151 cm³/mol. The molecule has 3 aromatic rings. The maximum absolute atomic E-state index is 15.3. The normalized spacial score (nSPS) is 12.9. The first-order valence-corrected chi connectivity index (χ1v) is 13.9. The molecule has 0 bridgehead atoms. The molecule has 0 amide bonds. The molecule has 0 aliphatic rings. The van der Waals surface area contributed by atoms with Crippen LogP contribution in [-0.2, 0) is 29.5 Å². The molecule has 0 atom stereocenters. The minimum absolute atomic E-state index is 0.100. The number of hydrogen-bond acceptors (Lipinski definition) is 3. The highest BCUT2D eigenvalue weighted by Gasteiger charge is 2.43. The fourth-order valence-electron chi connectivity index (χ4n) is 4.55. The maximum Gasteiger partial charge on any atom is 0.432 e. The van der Waals surface area contributed by atoms with Crippen molar-refractivity contribution in [1.82, 2.24) is 0 Å². The topological polar surface area (TPSA) is 38.7 Å². The molecule has 0 fully saturated rings. The first-order valence-electron chi connectivity index (χ1n) is 13.9. The van der Waals surface area contributed by atoms with E-state index in [1.54, 1.807) is 41.5 Å². The summed E-state index contributed by atoms with van der Waals surface area (Å²) in [5.41, 5.74) is -2.26. The van der Waals surface area contributed by atoms with Gasteiger partial charge in [-0.1, -0.05) is 73.4 Å². The molecule has 0 spiro atoms. The van der Waals surface area contributed by atoms with Crippen LogP contribution in [0.1, 0.15) is 95.5 Å². The minimum Gasteiger partial charge on any atom is -0.507 e. The van der Waals surface area contributed by atoms with Gasteiger partial charge in [0.05, 0.1) is 5.56 Å². The Labute approximate surface area is 243 Å². The summed E-state index contributed by atoms with van der Waals surface area (Å²) < 4.78 is 99.3. The second kappa shape index (κ2) is 12.1. The lowest BCUT2D eigenvalue weighted by Gasteiger charge is -2.29. The molecule has 0 unspecified atom stereocenters. The molecule has 3 nitrogen and oxygen atoms in total. The third-order valence-corrected chi connectivity index (χ3v) is 6.86. The molecule has 0 aromatic heterocycles. The zero-order valence-electron chi connectivity index (χ0n) is 25.0. The van der Waals surface area contributed by atoms with E-state index >= 15 is 8.78 Å². The quantitative estimate of drug-likeness (QED) is 0.187. The van der Waals surface area contributed by atoms with Crippen molar-refractivity contribution < 1.29 is 40.9 Å². The van der Waals surface area contributed by atoms with Crippen molar-refractivity contribution in [1.29, 1.82) is 0 Å². The average Bonchev–Trinajstić information content (AvgIpc) is 2.83. The van der Waals surface area contributed by atoms with Gasteiger partial charge in [-0.3, -0.25) is 0 Å². The van der Waals surface area contributed by atoms with E-state index in [1.807, 2.05) is 6.92 Å². The lowest BCUT2D eigenvalue weighted by atomic mass is 9.79. The third kappa shape index (κ3) is 7.72. The van der Waals surface area contributed by atoms with Crippen molar-refractivity contribution >= 4 is 0 Å². The highest BCUT2D eigenvalue weighted by molar-refractivity contribution is 5.52. The number of alkyl halides is 4. The lowest BCUT2D eigenvalue weighted by molar-refractivity contribution is -0.190. The molecule has 0 aliphatic heterocycles. The second-order valence-corrected chi connectivity index (χ2v) is 12.5. The number of halogens is 6. The molecule has 0 aliphatic carbocycles. The Bertz CT molecular complexity index is 1330. The van der Waals surface area contributed by atoms with Gasteiger partial charge in [0.1, 0.15) is 34.4 Å². The van der Waals surface area contributed by atoms with Gasteiger partial charge >= 0.3 is 12.2 Å². The van der Waals surface area contributed by atoms with Crippen LogP contribution in [0.5, 0.6) is 17.2 Å². The van der Waals surface area contributed by atoms with Crippen LogP contribution in [0.3, 0.4) is 0 Å². The van der Waals surface area contributed by atoms with Gasteiger partial charge in [-0.2, -0.15) is 17.6 Å². The van der Waals surface area contributed by atoms with Gasteiger partial charge in [-0.25, -0.2) is 8.78 Å². The highest BCUT2D eigenvalue weighted by atomic mass is 19.3. The molecule has 3 aromatic carbocycles. The predicted octanol–water partition coefficient (Wildman–Crippen LogP) is 10.3. The van der Waals surface area contributed by atoms with Crippen LogP contribution in [-0.4, -0.2) is 5.11 Å². The van der Waals surface area contributed by atoms with Crippen LogP contribution in [0.15, 0.2) is 48.5 Å². The van der Waals surface area contributed by atoms with Crippen molar-refractivity contribution in [3.05, 3.63) is 88.0 Å². The maximum atomic E-state index is 15.3. The molecule has 42 heavy (non-hydrogen) atoms. The van der Waals surface area contributed by atoms with Crippen LogP contribution in [0.25, 0.3) is 0 Å². The third-order valence-electron chi connectivity index (χ3n) is 6.86. The number of phenolic OH excluding ortho intramolecular Hbond substituents is 1. The standard InChI is InChI=1S/C33H38F6O3/c1-8-9-10-11-20-12-14-21(15-13-20)32(36,37)41-23-18-26(34)28(27(35)19-23)33(38,39)42-22-16-24(30(2,3)4)29(40)25(17-22)31(5,6)7/h12-19,40H,8-11H2,1-7H3. The number of hydrogen-bond donors (Lipinski definition) is 1. The smallest absolute Gasteiger partial charge is 0.432 e. The summed E-state index contributed by atoms with van der Waals surface area (Å²) in [7, 11) is 0. The number of rotatable bonds is 10. The zero-order valence-corrected chi connectivity index (χ0v) is 25.0. The number of benzene rings is 3. The average molecular weight is 597 g/mol. The van der Waals surface area contributed by atoms with Crippen LogP contribution < -0.4 is 9.47 Å². The van der Waals surface area contributed by atoms with E-state index in [0.29, 0.717) is 17.5 Å². The second-order valence-electron chi connectivity index (χ2n) is 12.5. The van der Waals surface area contributed by atoms with E-state index in [2.05, 4.69) is 4.74 Å². The Balaban J connectivity index is 1.90. The summed E-state index contributed by atoms with van der Waals surface area (Å²) in [4.78, 5) is 0. The summed E-state index contributed by atoms with van der Waals surface area (Å²) in [5.74, 6) is -5.17. The molecule has 0 saturated heterocycles. The van der Waals surface area contributed by atoms with Crippen molar-refractivity contribution in [3.8, 4) is 17.2 Å². The van der Waals surface area contributed by atoms with E-state index in [4.69, 9.17) is 4.74 Å². The molecular weight excluding hydrogens is 558 g/mol. The van der Waals surface area contributed by atoms with E-state index < -0.39 is 57.3 Å². The minimum atomic E-state index is -4.54. The van der Waals surface area contributed by atoms with Crippen LogP contribution in [0.2, 0.25) is 0 Å². The Morgan fingerprint density at radius 2 is 1.12 bits per heavy atom. The van der Waals surface area contributed by atoms with Crippen LogP contribution in [0.4, 0.5) is 26.3 Å². The van der Waals surface area contributed by atoms with Gasteiger partial charge in [0.2, 0.25) is 0 Å². The fourth-order valence-corrected chi connectivity index (χ4v) is 4.55. The largest absolute Gasteiger partial charge is 0.507 e. The monoisotopic (exact) mass is 596 g/mol. The number of unbranched alkanes of at least 4 members (excludes halogenated alkanes) is 2. The molecule has 0 saturated carbocycles. The molecule has 3 rings (SSSR count). The summed E-state index contributed by atoms with van der Waals surface area (Å²) in [6.07, 6.45) is -4.88. The van der Waals surface area contributed by atoms with Crippen molar-refractivity contribution in [2.75, 3.05) is 0 Å². The number of phenols is 1. The molecular formula is C33H38F6O3. The highest BCUT2D eigenvalue weighted by Crippen LogP contribution is 2.44. The Morgan fingerprint density at radius 3 is 1.57 bits per heavy atom. The van der Waals surface area contributed by atoms with Gasteiger partial charge < -0.3 is 14.6 Å². The molecule has 1 N–H and O–H groups in total. The summed E-state index contributed by atoms with van der Waals surface area (Å²) in [6.45, 7) is 12.6. The first kappa shape index (κ1) is 33.1. The number of aromatic hydroxyl groups is 1. The summed E-state index contributed by atoms with van der Waals surface area (Å²) in [5, 5.41) is 10.8. The summed E-state index contributed by atoms with van der Waals surface area (Å²) >= 11 is 0. The number of aryl methyl sites for hydroxylation is 1. The van der Waals surface area contributed by atoms with Crippen molar-refractivity contribution in [2.24, 2.45) is 0 Å². The Morgan fingerprint density at radius 1 is 0.667 bits per heavy atom. The van der Waals surface area contributed by atoms with Gasteiger partial charge in [0.25, 0.3) is 0 Å². The zero-order chi connectivity index (χ0) is 31.7. The van der Waals surface area contributed by atoms with E-state index in [-0.39, 0.29) is 17.9 Å². The Kier molecular flexibility index (Phi) is 9.54. The van der Waals surface area contributed by atoms with Crippen molar-refractivity contribution in [3.63, 3.8) is 0 Å². The molecule has 9 heteroatoms. The molecule has 230 valence electrons. The van der Waals surface area contributed by atoms with E-state index in [9.17, 15) is 22.7 Å². The lowest BCUT2D eigenvalue weighted by Crippen LogP contribution is -2.27. The van der Waals surface area contributed by atoms with Gasteiger partial charge in [-0.05, 0) is 53.5 Å². The molecule has 0 radical (unpaired) electrons. The first-order chi connectivity index (χ1) is 19.3. The van der Waals surface area contributed by atoms with Crippen LogP contribution >= 0.6 is 0 Å². The summed E-state index contributed by atoms with van der Waals surface area (Å²) in [6, 6.07) is 8.23. The van der Waals surface area contributed by atoms with Crippen LogP contribution in [0, 0.1) is 11.6 Å². The molecule has 0 heterocycles. The fraction of sp³-hybridized carbons (Fsp3) is 0.455. The number of ether oxygens (including phenoxy) is 2.